The van der Waals surface area contributed by atoms with Crippen molar-refractivity contribution in [2.45, 2.75) is 46.1 Å². The molecule has 11 heteroatoms. The van der Waals surface area contributed by atoms with Crippen LogP contribution in [0, 0.1) is 19.8 Å². The van der Waals surface area contributed by atoms with Gasteiger partial charge in [0.25, 0.3) is 5.91 Å². The third-order valence-electron chi connectivity index (χ3n) is 7.35. The first kappa shape index (κ1) is 31.0. The highest BCUT2D eigenvalue weighted by Crippen LogP contribution is 2.25. The van der Waals surface area contributed by atoms with Gasteiger partial charge in [-0.15, -0.1) is 11.3 Å². The van der Waals surface area contributed by atoms with Crippen LogP contribution >= 0.6 is 11.3 Å². The smallest absolute Gasteiger partial charge is 0.257 e. The van der Waals surface area contributed by atoms with E-state index in [9.17, 15) is 9.59 Å². The molecule has 1 saturated carbocycles. The first-order valence-electron chi connectivity index (χ1n) is 14.2. The number of aromatic nitrogens is 3. The molecule has 1 aliphatic heterocycles. The van der Waals surface area contributed by atoms with Crippen molar-refractivity contribution in [2.24, 2.45) is 10.9 Å². The van der Waals surface area contributed by atoms with Crippen molar-refractivity contribution in [3.8, 4) is 0 Å². The fraction of sp³-hybridized carbons (Fsp3) is 0.419. The van der Waals surface area contributed by atoms with E-state index in [-0.39, 0.29) is 11.8 Å². The molecule has 5 rings (SSSR count). The lowest BCUT2D eigenvalue weighted by atomic mass is 10.00. The number of nitrogen functional groups attached to an aromatic ring is 1. The van der Waals surface area contributed by atoms with Crippen molar-refractivity contribution in [3.63, 3.8) is 0 Å². The normalized spacial score (nSPS) is 17.0. The number of likely N-dealkylation sites (tertiary alicyclic amines) is 1. The molecular formula is C31H40N8O2S. The van der Waals surface area contributed by atoms with Crippen LogP contribution in [0.3, 0.4) is 0 Å². The van der Waals surface area contributed by atoms with Crippen LogP contribution in [0.2, 0.25) is 0 Å². The number of rotatable bonds is 8. The van der Waals surface area contributed by atoms with E-state index < -0.39 is 0 Å². The number of hydrogen-bond donors (Lipinski definition) is 2. The van der Waals surface area contributed by atoms with E-state index in [4.69, 9.17) is 5.73 Å². The lowest BCUT2D eigenvalue weighted by Gasteiger charge is -2.14. The average molecular weight is 589 g/mol. The number of benzene rings is 1. The molecule has 2 aromatic heterocycles. The molecule has 1 aromatic carbocycles. The second kappa shape index (κ2) is 14.3. The predicted octanol–water partition coefficient (Wildman–Crippen LogP) is 4.36. The Bertz CT molecular complexity index is 1430. The Morgan fingerprint density at radius 2 is 1.86 bits per heavy atom. The molecule has 2 aliphatic rings. The number of carbonyl (C=O) groups is 2. The molecule has 2 amide bonds. The molecule has 222 valence electrons. The summed E-state index contributed by atoms with van der Waals surface area (Å²) in [5.74, 6) is 1.03. The number of thiazole rings is 1. The van der Waals surface area contributed by atoms with Crippen molar-refractivity contribution < 1.29 is 9.59 Å². The molecule has 2 fully saturated rings. The molecule has 1 aliphatic carbocycles. The number of hydrogen-bond acceptors (Lipinski definition) is 9. The van der Waals surface area contributed by atoms with E-state index in [1.807, 2.05) is 37.0 Å². The fourth-order valence-corrected chi connectivity index (χ4v) is 5.42. The van der Waals surface area contributed by atoms with Crippen LogP contribution in [-0.4, -0.2) is 82.0 Å². The Labute approximate surface area is 251 Å². The summed E-state index contributed by atoms with van der Waals surface area (Å²) >= 11 is 1.43. The van der Waals surface area contributed by atoms with Crippen molar-refractivity contribution in [1.29, 1.82) is 0 Å². The maximum absolute atomic E-state index is 12.3. The van der Waals surface area contributed by atoms with Gasteiger partial charge in [-0.05, 0) is 58.2 Å². The Hall–Kier alpha value is -3.96. The quantitative estimate of drug-likeness (QED) is 0.295. The van der Waals surface area contributed by atoms with Crippen molar-refractivity contribution >= 4 is 39.8 Å². The summed E-state index contributed by atoms with van der Waals surface area (Å²) in [4.78, 5) is 46.1. The molecule has 3 aromatic rings. The molecule has 0 bridgehead atoms. The van der Waals surface area contributed by atoms with Crippen LogP contribution in [0.15, 0.2) is 53.9 Å². The van der Waals surface area contributed by atoms with Crippen molar-refractivity contribution in [3.05, 3.63) is 76.2 Å². The zero-order chi connectivity index (χ0) is 30.2. The van der Waals surface area contributed by atoms with Gasteiger partial charge in [-0.25, -0.2) is 15.0 Å². The standard InChI is InChI=1S/C18H18N6OS.C13H22N2O/c1-10-8-21-18(26-10)24-17(25)13-6-4-12(5-7-13)15(20-3)14-11(2)22-9-23-16(14)19;1-11-7-9-15(10-11)13(16)4-3-8-14(2)12-5-6-12/h4-9H,1-3H3,(H2,19,22,23)(H,21,24,25);3-4,11-12H,5-10H2,1-2H3/b;4-3+/t;11-/m.1/s1. The van der Waals surface area contributed by atoms with Gasteiger partial charge in [-0.3, -0.25) is 24.8 Å². The zero-order valence-corrected chi connectivity index (χ0v) is 25.8. The van der Waals surface area contributed by atoms with Gasteiger partial charge in [0, 0.05) is 61.0 Å². The number of aliphatic imine (C=N–C) groups is 1. The molecule has 10 nitrogen and oxygen atoms in total. The molecule has 42 heavy (non-hydrogen) atoms. The zero-order valence-electron chi connectivity index (χ0n) is 25.0. The molecule has 3 heterocycles. The Balaban J connectivity index is 0.000000216. The minimum absolute atomic E-state index is 0.188. The molecule has 0 unspecified atom stereocenters. The summed E-state index contributed by atoms with van der Waals surface area (Å²) < 4.78 is 0. The van der Waals surface area contributed by atoms with Gasteiger partial charge >= 0.3 is 0 Å². The molecule has 0 radical (unpaired) electrons. The van der Waals surface area contributed by atoms with Crippen LogP contribution in [0.5, 0.6) is 0 Å². The number of likely N-dealkylation sites (N-methyl/N-ethyl adjacent to an activating group) is 1. The van der Waals surface area contributed by atoms with Gasteiger partial charge in [-0.1, -0.05) is 25.1 Å². The summed E-state index contributed by atoms with van der Waals surface area (Å²) in [6.45, 7) is 8.77. The Morgan fingerprint density at radius 1 is 1.14 bits per heavy atom. The fourth-order valence-electron chi connectivity index (χ4n) is 4.76. The second-order valence-electron chi connectivity index (χ2n) is 10.9. The third-order valence-corrected chi connectivity index (χ3v) is 8.18. The van der Waals surface area contributed by atoms with Crippen LogP contribution in [0.1, 0.15) is 58.2 Å². The highest BCUT2D eigenvalue weighted by Gasteiger charge is 2.25. The number of amides is 2. The summed E-state index contributed by atoms with van der Waals surface area (Å²) in [6, 6.07) is 7.91. The summed E-state index contributed by atoms with van der Waals surface area (Å²) in [6.07, 6.45) is 10.7. The van der Waals surface area contributed by atoms with E-state index in [2.05, 4.69) is 44.1 Å². The number of anilines is 2. The van der Waals surface area contributed by atoms with Gasteiger partial charge in [0.2, 0.25) is 5.91 Å². The van der Waals surface area contributed by atoms with Crippen molar-refractivity contribution in [2.75, 3.05) is 44.8 Å². The first-order valence-corrected chi connectivity index (χ1v) is 15.0. The first-order chi connectivity index (χ1) is 20.2. The lowest BCUT2D eigenvalue weighted by molar-refractivity contribution is -0.125. The highest BCUT2D eigenvalue weighted by atomic mass is 32.1. The van der Waals surface area contributed by atoms with E-state index in [0.717, 1.165) is 48.2 Å². The van der Waals surface area contributed by atoms with E-state index in [1.165, 1.54) is 30.5 Å². The average Bonchev–Trinajstić information content (AvgIpc) is 3.61. The number of nitrogens with one attached hydrogen (secondary N) is 1. The maximum Gasteiger partial charge on any atom is 0.257 e. The Morgan fingerprint density at radius 3 is 2.43 bits per heavy atom. The van der Waals surface area contributed by atoms with Crippen LogP contribution in [0.25, 0.3) is 0 Å². The minimum atomic E-state index is -0.209. The van der Waals surface area contributed by atoms with Gasteiger partial charge in [0.1, 0.15) is 12.1 Å². The summed E-state index contributed by atoms with van der Waals surface area (Å²) in [5.41, 5.74) is 9.50. The minimum Gasteiger partial charge on any atom is -0.383 e. The van der Waals surface area contributed by atoms with Crippen LogP contribution in [0.4, 0.5) is 10.9 Å². The third kappa shape index (κ3) is 8.29. The molecule has 1 atom stereocenters. The van der Waals surface area contributed by atoms with Gasteiger partial charge < -0.3 is 10.6 Å². The van der Waals surface area contributed by atoms with E-state index >= 15 is 0 Å². The largest absolute Gasteiger partial charge is 0.383 e. The topological polar surface area (TPSA) is 130 Å². The second-order valence-corrected chi connectivity index (χ2v) is 12.1. The molecule has 0 spiro atoms. The number of nitrogens with zero attached hydrogens (tertiary/aromatic N) is 6. The predicted molar refractivity (Wildman–Crippen MR) is 169 cm³/mol. The van der Waals surface area contributed by atoms with Crippen molar-refractivity contribution in [1.82, 2.24) is 24.8 Å². The van der Waals surface area contributed by atoms with Crippen LogP contribution < -0.4 is 11.1 Å². The van der Waals surface area contributed by atoms with Gasteiger partial charge in [0.05, 0.1) is 17.0 Å². The molecular weight excluding hydrogens is 548 g/mol. The number of carbonyl (C=O) groups excluding carboxylic acids is 2. The lowest BCUT2D eigenvalue weighted by Crippen LogP contribution is -2.27. The van der Waals surface area contributed by atoms with E-state index in [1.54, 1.807) is 31.5 Å². The molecule has 3 N–H and O–H groups in total. The molecule has 1 saturated heterocycles. The van der Waals surface area contributed by atoms with Gasteiger partial charge in [-0.2, -0.15) is 0 Å². The van der Waals surface area contributed by atoms with E-state index in [0.29, 0.717) is 33.7 Å². The van der Waals surface area contributed by atoms with Crippen LogP contribution in [-0.2, 0) is 4.79 Å². The number of aryl methyl sites for hydroxylation is 2. The van der Waals surface area contributed by atoms with Gasteiger partial charge in [0.15, 0.2) is 5.13 Å². The monoisotopic (exact) mass is 588 g/mol. The highest BCUT2D eigenvalue weighted by molar-refractivity contribution is 7.15. The SMILES string of the molecule is CN=C(c1ccc(C(=O)Nc2ncc(C)s2)cc1)c1c(C)ncnc1N.C[C@@H]1CCN(C(=O)/C=C/CN(C)C2CC2)C1. The Kier molecular flexibility index (Phi) is 10.5. The summed E-state index contributed by atoms with van der Waals surface area (Å²) in [5, 5.41) is 3.37. The maximum atomic E-state index is 12.3. The number of nitrogens with two attached hydrogens (primary N) is 1. The summed E-state index contributed by atoms with van der Waals surface area (Å²) in [7, 11) is 3.82.